The van der Waals surface area contributed by atoms with Gasteiger partial charge in [-0.25, -0.2) is 4.39 Å². The maximum Gasteiger partial charge on any atom is 0.253 e. The van der Waals surface area contributed by atoms with E-state index in [4.69, 9.17) is 0 Å². The second-order valence-corrected chi connectivity index (χ2v) is 6.93. The predicted octanol–water partition coefficient (Wildman–Crippen LogP) is 2.92. The van der Waals surface area contributed by atoms with Crippen molar-refractivity contribution in [1.29, 1.82) is 0 Å². The number of likely N-dealkylation sites (N-methyl/N-ethyl adjacent to an activating group) is 2. The third kappa shape index (κ3) is 4.80. The van der Waals surface area contributed by atoms with Crippen molar-refractivity contribution >= 4 is 5.91 Å². The van der Waals surface area contributed by atoms with Crippen molar-refractivity contribution in [2.45, 2.75) is 13.5 Å². The van der Waals surface area contributed by atoms with Crippen LogP contribution in [0.15, 0.2) is 54.9 Å². The molecule has 0 unspecified atom stereocenters. The first-order valence-electron chi connectivity index (χ1n) is 9.09. The zero-order valence-electron chi connectivity index (χ0n) is 16.3. The first-order chi connectivity index (χ1) is 13.4. The highest BCUT2D eigenvalue weighted by molar-refractivity contribution is 5.94. The summed E-state index contributed by atoms with van der Waals surface area (Å²) in [6, 6.07) is 14.3. The molecule has 0 aliphatic rings. The number of carbonyl (C=O) groups is 1. The summed E-state index contributed by atoms with van der Waals surface area (Å²) in [6.45, 7) is 3.54. The molecule has 7 heteroatoms. The molecule has 0 radical (unpaired) electrons. The molecule has 1 heterocycles. The largest absolute Gasteiger partial charge is 0.340 e. The molecule has 6 nitrogen and oxygen atoms in total. The van der Waals surface area contributed by atoms with Crippen LogP contribution in [0.2, 0.25) is 0 Å². The summed E-state index contributed by atoms with van der Waals surface area (Å²) >= 11 is 0. The lowest BCUT2D eigenvalue weighted by atomic mass is 10.1. The highest BCUT2D eigenvalue weighted by Gasteiger charge is 2.15. The number of rotatable bonds is 7. The van der Waals surface area contributed by atoms with E-state index in [1.165, 1.54) is 12.1 Å². The molecule has 2 aromatic carbocycles. The van der Waals surface area contributed by atoms with Gasteiger partial charge in [-0.2, -0.15) is 0 Å². The fourth-order valence-corrected chi connectivity index (χ4v) is 2.99. The van der Waals surface area contributed by atoms with Gasteiger partial charge in [-0.1, -0.05) is 18.2 Å². The lowest BCUT2D eigenvalue weighted by Gasteiger charge is -2.22. The number of carbonyl (C=O) groups excluding carboxylic acids is 1. The van der Waals surface area contributed by atoms with Gasteiger partial charge >= 0.3 is 0 Å². The highest BCUT2D eigenvalue weighted by Crippen LogP contribution is 2.12. The zero-order valence-corrected chi connectivity index (χ0v) is 16.3. The van der Waals surface area contributed by atoms with Crippen LogP contribution in [-0.2, 0) is 6.54 Å². The normalized spacial score (nSPS) is 11.0. The number of nitrogens with zero attached hydrogens (tertiary/aromatic N) is 5. The topological polar surface area (TPSA) is 54.3 Å². The quantitative estimate of drug-likeness (QED) is 0.632. The molecule has 1 aromatic heterocycles. The molecule has 3 rings (SSSR count). The van der Waals surface area contributed by atoms with Crippen molar-refractivity contribution in [3.05, 3.63) is 77.6 Å². The molecular weight excluding hydrogens is 357 g/mol. The van der Waals surface area contributed by atoms with E-state index in [1.807, 2.05) is 41.9 Å². The average Bonchev–Trinajstić information content (AvgIpc) is 3.13. The maximum absolute atomic E-state index is 13.6. The second kappa shape index (κ2) is 8.75. The van der Waals surface area contributed by atoms with Gasteiger partial charge in [0.1, 0.15) is 12.1 Å². The van der Waals surface area contributed by atoms with Gasteiger partial charge in [-0.3, -0.25) is 14.3 Å². The van der Waals surface area contributed by atoms with Gasteiger partial charge in [0.2, 0.25) is 0 Å². The Kier molecular flexibility index (Phi) is 6.16. The van der Waals surface area contributed by atoms with Crippen LogP contribution in [0.25, 0.3) is 5.69 Å². The summed E-state index contributed by atoms with van der Waals surface area (Å²) in [7, 11) is 3.69. The number of halogens is 1. The fourth-order valence-electron chi connectivity index (χ4n) is 2.99. The monoisotopic (exact) mass is 381 g/mol. The van der Waals surface area contributed by atoms with Crippen molar-refractivity contribution in [3.8, 4) is 5.69 Å². The maximum atomic E-state index is 13.6. The average molecular weight is 381 g/mol. The van der Waals surface area contributed by atoms with Crippen LogP contribution < -0.4 is 0 Å². The number of hydrogen-bond acceptors (Lipinski definition) is 4. The van der Waals surface area contributed by atoms with E-state index in [2.05, 4.69) is 15.1 Å². The van der Waals surface area contributed by atoms with Crippen LogP contribution in [0, 0.1) is 12.7 Å². The molecule has 1 amide bonds. The summed E-state index contributed by atoms with van der Waals surface area (Å²) in [5, 5.41) is 8.23. The predicted molar refractivity (Wildman–Crippen MR) is 106 cm³/mol. The minimum absolute atomic E-state index is 0.191. The van der Waals surface area contributed by atoms with Crippen LogP contribution in [0.4, 0.5) is 4.39 Å². The molecular formula is C21H24FN5O. The molecule has 28 heavy (non-hydrogen) atoms. The summed E-state index contributed by atoms with van der Waals surface area (Å²) in [4.78, 5) is 16.2. The molecule has 0 aliphatic heterocycles. The number of aromatic nitrogens is 3. The Balaban J connectivity index is 1.58. The minimum atomic E-state index is -0.394. The van der Waals surface area contributed by atoms with E-state index in [9.17, 15) is 9.18 Å². The SMILES string of the molecule is Cc1cc(F)cc(C(=O)N(C)CCN(C)Cc2nncn2-c2ccccc2)c1. The lowest BCUT2D eigenvalue weighted by molar-refractivity contribution is 0.0780. The number of aryl methyl sites for hydroxylation is 1. The molecule has 0 bridgehead atoms. The van der Waals surface area contributed by atoms with Gasteiger partial charge in [0, 0.05) is 31.4 Å². The minimum Gasteiger partial charge on any atom is -0.340 e. The summed E-state index contributed by atoms with van der Waals surface area (Å²) in [6.07, 6.45) is 1.69. The molecule has 0 spiro atoms. The van der Waals surface area contributed by atoms with E-state index in [1.54, 1.807) is 31.3 Å². The molecule has 0 aliphatic carbocycles. The molecule has 0 saturated carbocycles. The number of benzene rings is 2. The molecule has 0 N–H and O–H groups in total. The van der Waals surface area contributed by atoms with Gasteiger partial charge in [-0.15, -0.1) is 10.2 Å². The van der Waals surface area contributed by atoms with Crippen molar-refractivity contribution < 1.29 is 9.18 Å². The third-order valence-electron chi connectivity index (χ3n) is 4.52. The van der Waals surface area contributed by atoms with Crippen LogP contribution >= 0.6 is 0 Å². The van der Waals surface area contributed by atoms with E-state index in [0.717, 1.165) is 17.1 Å². The lowest BCUT2D eigenvalue weighted by Crippen LogP contribution is -2.35. The van der Waals surface area contributed by atoms with Crippen LogP contribution in [0.3, 0.4) is 0 Å². The van der Waals surface area contributed by atoms with Gasteiger partial charge in [0.25, 0.3) is 5.91 Å². The van der Waals surface area contributed by atoms with Crippen molar-refractivity contribution in [2.24, 2.45) is 0 Å². The van der Waals surface area contributed by atoms with Crippen LogP contribution in [-0.4, -0.2) is 57.7 Å². The number of amides is 1. The first kappa shape index (κ1) is 19.7. The number of para-hydroxylation sites is 1. The van der Waals surface area contributed by atoms with Gasteiger partial charge < -0.3 is 4.90 Å². The van der Waals surface area contributed by atoms with Crippen LogP contribution in [0.5, 0.6) is 0 Å². The highest BCUT2D eigenvalue weighted by atomic mass is 19.1. The van der Waals surface area contributed by atoms with Crippen molar-refractivity contribution in [3.63, 3.8) is 0 Å². The van der Waals surface area contributed by atoms with Gasteiger partial charge in [0.05, 0.1) is 6.54 Å². The zero-order chi connectivity index (χ0) is 20.1. The van der Waals surface area contributed by atoms with E-state index in [-0.39, 0.29) is 5.91 Å². The smallest absolute Gasteiger partial charge is 0.253 e. The Bertz CT molecular complexity index is 921. The van der Waals surface area contributed by atoms with E-state index in [0.29, 0.717) is 25.2 Å². The Morgan fingerprint density at radius 2 is 1.86 bits per heavy atom. The van der Waals surface area contributed by atoms with E-state index >= 15 is 0 Å². The summed E-state index contributed by atoms with van der Waals surface area (Å²) in [5.41, 5.74) is 2.10. The van der Waals surface area contributed by atoms with Gasteiger partial charge in [0.15, 0.2) is 5.82 Å². The Hall–Kier alpha value is -3.06. The standard InChI is InChI=1S/C21H24FN5O/c1-16-11-17(13-18(22)12-16)21(28)26(3)10-9-25(2)14-20-24-23-15-27(20)19-7-5-4-6-8-19/h4-8,11-13,15H,9-10,14H2,1-3H3. The molecule has 0 saturated heterocycles. The molecule has 3 aromatic rings. The summed E-state index contributed by atoms with van der Waals surface area (Å²) in [5.74, 6) is 0.237. The molecule has 146 valence electrons. The fraction of sp³-hybridized carbons (Fsp3) is 0.286. The van der Waals surface area contributed by atoms with Gasteiger partial charge in [-0.05, 0) is 49.9 Å². The van der Waals surface area contributed by atoms with Crippen molar-refractivity contribution in [1.82, 2.24) is 24.6 Å². The first-order valence-corrected chi connectivity index (χ1v) is 9.09. The second-order valence-electron chi connectivity index (χ2n) is 6.93. The Morgan fingerprint density at radius 1 is 1.11 bits per heavy atom. The number of hydrogen-bond donors (Lipinski definition) is 0. The van der Waals surface area contributed by atoms with Crippen molar-refractivity contribution in [2.75, 3.05) is 27.2 Å². The van der Waals surface area contributed by atoms with E-state index < -0.39 is 5.82 Å². The Morgan fingerprint density at radius 3 is 2.57 bits per heavy atom. The Labute approximate surface area is 164 Å². The molecule has 0 atom stereocenters. The van der Waals surface area contributed by atoms with Crippen LogP contribution in [0.1, 0.15) is 21.7 Å². The molecule has 0 fully saturated rings. The third-order valence-corrected chi connectivity index (χ3v) is 4.52. The summed E-state index contributed by atoms with van der Waals surface area (Å²) < 4.78 is 15.5.